The minimum absolute atomic E-state index is 0.00826. The van der Waals surface area contributed by atoms with Crippen LogP contribution < -0.4 is 10.6 Å². The molecule has 1 aliphatic heterocycles. The SMILES string of the molecule is N#CC1=C(SCC(=O)NCc2ccccc2)NC(=O)C[C@H]1c1cccc([N+](=O)[O-])c1. The highest BCUT2D eigenvalue weighted by molar-refractivity contribution is 8.03. The molecule has 0 saturated heterocycles. The van der Waals surface area contributed by atoms with Gasteiger partial charge in [0, 0.05) is 31.0 Å². The molecule has 2 amide bonds. The van der Waals surface area contributed by atoms with Crippen LogP contribution in [0.2, 0.25) is 0 Å². The number of nitro groups is 1. The van der Waals surface area contributed by atoms with Crippen LogP contribution in [0, 0.1) is 21.4 Å². The number of nitriles is 1. The smallest absolute Gasteiger partial charge is 0.269 e. The van der Waals surface area contributed by atoms with Gasteiger partial charge in [0.15, 0.2) is 0 Å². The van der Waals surface area contributed by atoms with Crippen LogP contribution in [0.4, 0.5) is 5.69 Å². The highest BCUT2D eigenvalue weighted by Crippen LogP contribution is 2.36. The predicted octanol–water partition coefficient (Wildman–Crippen LogP) is 2.98. The Balaban J connectivity index is 1.72. The first-order chi connectivity index (χ1) is 14.5. The molecule has 2 aromatic rings. The van der Waals surface area contributed by atoms with E-state index in [9.17, 15) is 25.0 Å². The number of carbonyl (C=O) groups is 2. The Kier molecular flexibility index (Phi) is 6.83. The molecule has 0 aliphatic carbocycles. The number of rotatable bonds is 7. The van der Waals surface area contributed by atoms with Gasteiger partial charge in [-0.1, -0.05) is 54.2 Å². The van der Waals surface area contributed by atoms with E-state index in [0.717, 1.165) is 17.3 Å². The van der Waals surface area contributed by atoms with Crippen LogP contribution in [0.3, 0.4) is 0 Å². The van der Waals surface area contributed by atoms with E-state index in [2.05, 4.69) is 16.7 Å². The molecular weight excluding hydrogens is 404 g/mol. The van der Waals surface area contributed by atoms with Crippen molar-refractivity contribution in [2.24, 2.45) is 0 Å². The largest absolute Gasteiger partial charge is 0.351 e. The van der Waals surface area contributed by atoms with Crippen molar-refractivity contribution in [3.05, 3.63) is 86.4 Å². The molecule has 1 heterocycles. The van der Waals surface area contributed by atoms with Gasteiger partial charge in [-0.15, -0.1) is 0 Å². The van der Waals surface area contributed by atoms with Crippen molar-refractivity contribution in [3.8, 4) is 6.07 Å². The summed E-state index contributed by atoms with van der Waals surface area (Å²) in [5, 5.41) is 26.5. The average molecular weight is 422 g/mol. The van der Waals surface area contributed by atoms with Crippen molar-refractivity contribution in [2.75, 3.05) is 5.75 Å². The molecule has 0 spiro atoms. The number of hydrogen-bond donors (Lipinski definition) is 2. The number of nitro benzene ring substituents is 1. The molecule has 0 aromatic heterocycles. The number of nitrogens with zero attached hydrogens (tertiary/aromatic N) is 2. The molecule has 1 aliphatic rings. The fraction of sp³-hybridized carbons (Fsp3) is 0.190. The van der Waals surface area contributed by atoms with E-state index in [-0.39, 0.29) is 35.2 Å². The molecule has 30 heavy (non-hydrogen) atoms. The van der Waals surface area contributed by atoms with E-state index in [0.29, 0.717) is 17.1 Å². The molecule has 9 heteroatoms. The van der Waals surface area contributed by atoms with Gasteiger partial charge in [-0.05, 0) is 11.1 Å². The molecule has 8 nitrogen and oxygen atoms in total. The molecule has 1 atom stereocenters. The van der Waals surface area contributed by atoms with Gasteiger partial charge < -0.3 is 10.6 Å². The molecule has 0 unspecified atom stereocenters. The van der Waals surface area contributed by atoms with Crippen LogP contribution in [0.15, 0.2) is 65.2 Å². The molecule has 152 valence electrons. The fourth-order valence-corrected chi connectivity index (χ4v) is 3.97. The maximum Gasteiger partial charge on any atom is 0.269 e. The topological polar surface area (TPSA) is 125 Å². The number of non-ortho nitro benzene ring substituents is 1. The second kappa shape index (κ2) is 9.71. The van der Waals surface area contributed by atoms with E-state index in [4.69, 9.17) is 0 Å². The summed E-state index contributed by atoms with van der Waals surface area (Å²) in [5.41, 5.74) is 1.66. The summed E-state index contributed by atoms with van der Waals surface area (Å²) in [5.74, 6) is -1.12. The fourth-order valence-electron chi connectivity index (χ4n) is 3.06. The summed E-state index contributed by atoms with van der Waals surface area (Å²) < 4.78 is 0. The first kappa shape index (κ1) is 21.1. The molecule has 0 bridgehead atoms. The van der Waals surface area contributed by atoms with Crippen molar-refractivity contribution >= 4 is 29.3 Å². The zero-order valence-corrected chi connectivity index (χ0v) is 16.6. The number of benzene rings is 2. The number of hydrogen-bond acceptors (Lipinski definition) is 6. The van der Waals surface area contributed by atoms with Crippen molar-refractivity contribution in [2.45, 2.75) is 18.9 Å². The van der Waals surface area contributed by atoms with E-state index in [1.807, 2.05) is 30.3 Å². The van der Waals surface area contributed by atoms with Crippen LogP contribution in [0.1, 0.15) is 23.5 Å². The van der Waals surface area contributed by atoms with Gasteiger partial charge in [-0.2, -0.15) is 5.26 Å². The summed E-state index contributed by atoms with van der Waals surface area (Å²) in [4.78, 5) is 34.9. The van der Waals surface area contributed by atoms with Crippen molar-refractivity contribution in [1.29, 1.82) is 5.26 Å². The maximum absolute atomic E-state index is 12.2. The van der Waals surface area contributed by atoms with Crippen LogP contribution in [0.5, 0.6) is 0 Å². The number of thioether (sulfide) groups is 1. The van der Waals surface area contributed by atoms with Gasteiger partial charge in [0.2, 0.25) is 11.8 Å². The number of amides is 2. The minimum atomic E-state index is -0.599. The quantitative estimate of drug-likeness (QED) is 0.522. The Hall–Kier alpha value is -3.64. The van der Waals surface area contributed by atoms with Crippen LogP contribution in [-0.4, -0.2) is 22.5 Å². The number of carbonyl (C=O) groups excluding carboxylic acids is 2. The number of allylic oxidation sites excluding steroid dienone is 1. The van der Waals surface area contributed by atoms with Gasteiger partial charge in [-0.25, -0.2) is 0 Å². The van der Waals surface area contributed by atoms with E-state index in [1.54, 1.807) is 6.07 Å². The summed E-state index contributed by atoms with van der Waals surface area (Å²) in [7, 11) is 0. The van der Waals surface area contributed by atoms with Gasteiger partial charge in [0.1, 0.15) is 0 Å². The van der Waals surface area contributed by atoms with E-state index >= 15 is 0 Å². The summed E-state index contributed by atoms with van der Waals surface area (Å²) in [6.07, 6.45) is 0.00826. The third-order valence-corrected chi connectivity index (χ3v) is 5.54. The first-order valence-corrected chi connectivity index (χ1v) is 10.1. The Morgan fingerprint density at radius 3 is 2.73 bits per heavy atom. The molecule has 2 aromatic carbocycles. The zero-order chi connectivity index (χ0) is 21.5. The van der Waals surface area contributed by atoms with Crippen molar-refractivity contribution < 1.29 is 14.5 Å². The normalized spacial score (nSPS) is 15.8. The predicted molar refractivity (Wildman–Crippen MR) is 112 cm³/mol. The molecule has 0 fully saturated rings. The second-order valence-electron chi connectivity index (χ2n) is 6.56. The van der Waals surface area contributed by atoms with Gasteiger partial charge in [0.05, 0.1) is 27.3 Å². The monoisotopic (exact) mass is 422 g/mol. The molecular formula is C21H18N4O4S. The van der Waals surface area contributed by atoms with Crippen LogP contribution in [-0.2, 0) is 16.1 Å². The lowest BCUT2D eigenvalue weighted by Gasteiger charge is -2.24. The van der Waals surface area contributed by atoms with Crippen molar-refractivity contribution in [1.82, 2.24) is 10.6 Å². The van der Waals surface area contributed by atoms with Gasteiger partial charge in [0.25, 0.3) is 5.69 Å². The average Bonchev–Trinajstić information content (AvgIpc) is 2.76. The Labute approximate surface area is 177 Å². The zero-order valence-electron chi connectivity index (χ0n) is 15.8. The summed E-state index contributed by atoms with van der Waals surface area (Å²) >= 11 is 1.07. The molecule has 2 N–H and O–H groups in total. The Morgan fingerprint density at radius 2 is 2.03 bits per heavy atom. The summed E-state index contributed by atoms with van der Waals surface area (Å²) in [6.45, 7) is 0.382. The molecule has 3 rings (SSSR count). The maximum atomic E-state index is 12.2. The highest BCUT2D eigenvalue weighted by atomic mass is 32.2. The molecule has 0 radical (unpaired) electrons. The van der Waals surface area contributed by atoms with Gasteiger partial charge >= 0.3 is 0 Å². The standard InChI is InChI=1S/C21H18N4O4S/c22-11-18-17(15-7-4-8-16(9-15)25(28)29)10-19(26)24-21(18)30-13-20(27)23-12-14-5-2-1-3-6-14/h1-9,17H,10,12-13H2,(H,23,27)(H,24,26)/t17-/m0/s1. The lowest BCUT2D eigenvalue weighted by Crippen LogP contribution is -2.32. The summed E-state index contributed by atoms with van der Waals surface area (Å²) in [6, 6.07) is 17.5. The minimum Gasteiger partial charge on any atom is -0.351 e. The highest BCUT2D eigenvalue weighted by Gasteiger charge is 2.30. The number of nitrogens with one attached hydrogen (secondary N) is 2. The molecule has 0 saturated carbocycles. The van der Waals surface area contributed by atoms with E-state index in [1.165, 1.54) is 18.2 Å². The van der Waals surface area contributed by atoms with Crippen LogP contribution >= 0.6 is 11.8 Å². The Morgan fingerprint density at radius 1 is 1.27 bits per heavy atom. The van der Waals surface area contributed by atoms with Crippen LogP contribution in [0.25, 0.3) is 0 Å². The third-order valence-electron chi connectivity index (χ3n) is 4.52. The second-order valence-corrected chi connectivity index (χ2v) is 7.55. The first-order valence-electron chi connectivity index (χ1n) is 9.10. The Bertz CT molecular complexity index is 1050. The van der Waals surface area contributed by atoms with E-state index < -0.39 is 10.8 Å². The van der Waals surface area contributed by atoms with Gasteiger partial charge in [-0.3, -0.25) is 19.7 Å². The lowest BCUT2D eigenvalue weighted by atomic mass is 9.87. The third kappa shape index (κ3) is 5.24. The lowest BCUT2D eigenvalue weighted by molar-refractivity contribution is -0.384. The van der Waals surface area contributed by atoms with Crippen molar-refractivity contribution in [3.63, 3.8) is 0 Å².